The molecule has 0 spiro atoms. The number of imide groups is 1. The number of carbonyl (C=O) groups is 2. The summed E-state index contributed by atoms with van der Waals surface area (Å²) < 4.78 is 5.51. The second kappa shape index (κ2) is 8.06. The molecule has 0 bridgehead atoms. The lowest BCUT2D eigenvalue weighted by atomic mass is 10.1. The smallest absolute Gasteiger partial charge is 0.293 e. The predicted molar refractivity (Wildman–Crippen MR) is 105 cm³/mol. The Bertz CT molecular complexity index is 888. The summed E-state index contributed by atoms with van der Waals surface area (Å²) in [7, 11) is 0. The van der Waals surface area contributed by atoms with Crippen molar-refractivity contribution < 1.29 is 14.3 Å². The number of amides is 2. The van der Waals surface area contributed by atoms with Crippen molar-refractivity contribution >= 4 is 29.0 Å². The summed E-state index contributed by atoms with van der Waals surface area (Å²) in [6.07, 6.45) is 3.40. The molecule has 1 fully saturated rings. The molecule has 0 saturated carbocycles. The normalized spacial score (nSPS) is 15.6. The van der Waals surface area contributed by atoms with Crippen LogP contribution < -0.4 is 4.74 Å². The van der Waals surface area contributed by atoms with Crippen LogP contribution in [0.15, 0.2) is 66.1 Å². The summed E-state index contributed by atoms with van der Waals surface area (Å²) in [5.74, 6) is 0.429. The van der Waals surface area contributed by atoms with Gasteiger partial charge in [-0.1, -0.05) is 49.1 Å². The zero-order valence-electron chi connectivity index (χ0n) is 14.5. The van der Waals surface area contributed by atoms with E-state index in [0.717, 1.165) is 28.5 Å². The van der Waals surface area contributed by atoms with Crippen molar-refractivity contribution in [1.29, 1.82) is 0 Å². The first kappa shape index (κ1) is 18.0. The van der Waals surface area contributed by atoms with Crippen molar-refractivity contribution in [1.82, 2.24) is 4.90 Å². The van der Waals surface area contributed by atoms with Crippen LogP contribution in [0.1, 0.15) is 16.7 Å². The van der Waals surface area contributed by atoms with E-state index in [1.54, 1.807) is 12.2 Å². The highest BCUT2D eigenvalue weighted by molar-refractivity contribution is 8.18. The number of hydrogen-bond donors (Lipinski definition) is 0. The largest absolute Gasteiger partial charge is 0.490 e. The Balaban J connectivity index is 1.79. The number of aryl methyl sites for hydroxylation is 1. The van der Waals surface area contributed by atoms with Crippen LogP contribution in [0.4, 0.5) is 4.79 Å². The lowest BCUT2D eigenvalue weighted by molar-refractivity contribution is -0.123. The highest BCUT2D eigenvalue weighted by Crippen LogP contribution is 2.34. The van der Waals surface area contributed by atoms with Crippen LogP contribution in [0.5, 0.6) is 5.75 Å². The number of benzene rings is 2. The zero-order chi connectivity index (χ0) is 18.5. The van der Waals surface area contributed by atoms with E-state index in [4.69, 9.17) is 4.74 Å². The monoisotopic (exact) mass is 365 g/mol. The molecule has 2 amide bonds. The first-order valence-corrected chi connectivity index (χ1v) is 9.04. The first-order valence-electron chi connectivity index (χ1n) is 8.22. The molecule has 0 atom stereocenters. The molecular weight excluding hydrogens is 346 g/mol. The molecule has 2 aromatic carbocycles. The molecule has 0 N–H and O–H groups in total. The molecule has 3 rings (SSSR count). The Morgan fingerprint density at radius 1 is 1.15 bits per heavy atom. The van der Waals surface area contributed by atoms with Gasteiger partial charge in [0.15, 0.2) is 0 Å². The van der Waals surface area contributed by atoms with Crippen LogP contribution in [0.3, 0.4) is 0 Å². The van der Waals surface area contributed by atoms with Crippen LogP contribution in [0, 0.1) is 6.92 Å². The van der Waals surface area contributed by atoms with E-state index < -0.39 is 0 Å². The number of nitrogens with zero attached hydrogens (tertiary/aromatic N) is 1. The molecule has 0 aliphatic carbocycles. The Morgan fingerprint density at radius 3 is 2.73 bits per heavy atom. The fourth-order valence-electron chi connectivity index (χ4n) is 2.59. The van der Waals surface area contributed by atoms with Gasteiger partial charge in [-0.2, -0.15) is 0 Å². The molecule has 1 heterocycles. The minimum Gasteiger partial charge on any atom is -0.490 e. The summed E-state index contributed by atoms with van der Waals surface area (Å²) in [6, 6.07) is 15.1. The SMILES string of the molecule is C=CCOc1cccc(/C=C2\SC(=O)N(Cc3ccccc3C)C2=O)c1. The van der Waals surface area contributed by atoms with E-state index in [1.807, 2.05) is 55.5 Å². The van der Waals surface area contributed by atoms with E-state index in [1.165, 1.54) is 4.90 Å². The molecule has 132 valence electrons. The minimum atomic E-state index is -0.263. The molecule has 1 aliphatic heterocycles. The highest BCUT2D eigenvalue weighted by atomic mass is 32.2. The van der Waals surface area contributed by atoms with E-state index in [0.29, 0.717) is 17.3 Å². The number of carbonyl (C=O) groups excluding carboxylic acids is 2. The standard InChI is InChI=1S/C21H19NO3S/c1-3-11-25-18-10-6-8-16(12-18)13-19-20(23)22(21(24)26-19)14-17-9-5-4-7-15(17)2/h3-10,12-13H,1,11,14H2,2H3/b19-13-. The third-order valence-electron chi connectivity index (χ3n) is 3.99. The van der Waals surface area contributed by atoms with Crippen LogP contribution in [-0.2, 0) is 11.3 Å². The van der Waals surface area contributed by atoms with Crippen LogP contribution in [-0.4, -0.2) is 22.7 Å². The second-order valence-corrected chi connectivity index (χ2v) is 6.86. The molecule has 0 unspecified atom stereocenters. The van der Waals surface area contributed by atoms with Gasteiger partial charge in [-0.25, -0.2) is 0 Å². The number of thioether (sulfide) groups is 1. The van der Waals surface area contributed by atoms with Crippen molar-refractivity contribution in [2.45, 2.75) is 13.5 Å². The summed E-state index contributed by atoms with van der Waals surface area (Å²) >= 11 is 0.967. The molecule has 0 radical (unpaired) electrons. The van der Waals surface area contributed by atoms with Crippen LogP contribution >= 0.6 is 11.8 Å². The lowest BCUT2D eigenvalue weighted by Crippen LogP contribution is -2.27. The van der Waals surface area contributed by atoms with Gasteiger partial charge in [0, 0.05) is 0 Å². The van der Waals surface area contributed by atoms with Crippen molar-refractivity contribution in [3.05, 3.63) is 82.8 Å². The second-order valence-electron chi connectivity index (χ2n) is 5.87. The Labute approximate surface area is 157 Å². The fraction of sp³-hybridized carbons (Fsp3) is 0.143. The van der Waals surface area contributed by atoms with Gasteiger partial charge in [-0.05, 0) is 53.6 Å². The van der Waals surface area contributed by atoms with E-state index in [9.17, 15) is 9.59 Å². The molecule has 0 aromatic heterocycles. The first-order chi connectivity index (χ1) is 12.6. The van der Waals surface area contributed by atoms with Crippen molar-refractivity contribution in [2.75, 3.05) is 6.61 Å². The summed E-state index contributed by atoms with van der Waals surface area (Å²) in [5, 5.41) is -0.247. The zero-order valence-corrected chi connectivity index (χ0v) is 15.3. The lowest BCUT2D eigenvalue weighted by Gasteiger charge is -2.14. The van der Waals surface area contributed by atoms with Crippen LogP contribution in [0.2, 0.25) is 0 Å². The Morgan fingerprint density at radius 2 is 1.96 bits per heavy atom. The summed E-state index contributed by atoms with van der Waals surface area (Å²) in [6.45, 7) is 6.29. The number of ether oxygens (including phenoxy) is 1. The predicted octanol–water partition coefficient (Wildman–Crippen LogP) is 4.80. The number of rotatable bonds is 6. The Hall–Kier alpha value is -2.79. The maximum atomic E-state index is 12.7. The molecule has 1 saturated heterocycles. The molecular formula is C21H19NO3S. The van der Waals surface area contributed by atoms with E-state index >= 15 is 0 Å². The van der Waals surface area contributed by atoms with Gasteiger partial charge in [0.25, 0.3) is 11.1 Å². The highest BCUT2D eigenvalue weighted by Gasteiger charge is 2.35. The van der Waals surface area contributed by atoms with Gasteiger partial charge < -0.3 is 4.74 Å². The van der Waals surface area contributed by atoms with Crippen molar-refractivity contribution in [3.63, 3.8) is 0 Å². The molecule has 4 nitrogen and oxygen atoms in total. The summed E-state index contributed by atoms with van der Waals surface area (Å²) in [4.78, 5) is 26.7. The van der Waals surface area contributed by atoms with Crippen molar-refractivity contribution in [3.8, 4) is 5.75 Å². The minimum absolute atomic E-state index is 0.247. The maximum absolute atomic E-state index is 12.7. The van der Waals surface area contributed by atoms with Gasteiger partial charge in [-0.15, -0.1) is 0 Å². The topological polar surface area (TPSA) is 46.6 Å². The van der Waals surface area contributed by atoms with Gasteiger partial charge in [0.05, 0.1) is 11.4 Å². The van der Waals surface area contributed by atoms with Crippen molar-refractivity contribution in [2.24, 2.45) is 0 Å². The molecule has 1 aliphatic rings. The summed E-state index contributed by atoms with van der Waals surface area (Å²) in [5.41, 5.74) is 2.84. The van der Waals surface area contributed by atoms with E-state index in [-0.39, 0.29) is 17.7 Å². The quantitative estimate of drug-likeness (QED) is 0.545. The third kappa shape index (κ3) is 4.06. The van der Waals surface area contributed by atoms with Gasteiger partial charge in [-0.3, -0.25) is 14.5 Å². The number of hydrogen-bond acceptors (Lipinski definition) is 4. The Kier molecular flexibility index (Phi) is 5.58. The van der Waals surface area contributed by atoms with Gasteiger partial charge in [0.2, 0.25) is 0 Å². The average molecular weight is 365 g/mol. The maximum Gasteiger partial charge on any atom is 0.293 e. The fourth-order valence-corrected chi connectivity index (χ4v) is 3.43. The van der Waals surface area contributed by atoms with Gasteiger partial charge in [0.1, 0.15) is 12.4 Å². The average Bonchev–Trinajstić information content (AvgIpc) is 2.89. The van der Waals surface area contributed by atoms with Gasteiger partial charge >= 0.3 is 0 Å². The molecule has 5 heteroatoms. The van der Waals surface area contributed by atoms with E-state index in [2.05, 4.69) is 6.58 Å². The molecule has 26 heavy (non-hydrogen) atoms. The third-order valence-corrected chi connectivity index (χ3v) is 4.89. The molecule has 2 aromatic rings. The van der Waals surface area contributed by atoms with Crippen LogP contribution in [0.25, 0.3) is 6.08 Å².